The lowest BCUT2D eigenvalue weighted by Crippen LogP contribution is -2.37. The number of hydrogen-bond acceptors (Lipinski definition) is 6. The average molecular weight is 509 g/mol. The molecule has 0 N–H and O–H groups in total. The van der Waals surface area contributed by atoms with Gasteiger partial charge >= 0.3 is 0 Å². The number of halogens is 1. The van der Waals surface area contributed by atoms with Crippen LogP contribution in [0.4, 0.5) is 11.4 Å². The van der Waals surface area contributed by atoms with E-state index >= 15 is 0 Å². The van der Waals surface area contributed by atoms with Crippen LogP contribution in [-0.2, 0) is 14.4 Å². The van der Waals surface area contributed by atoms with Gasteiger partial charge in [0.15, 0.2) is 6.10 Å². The Balaban J connectivity index is 1.56. The Morgan fingerprint density at radius 3 is 1.88 bits per heavy atom. The molecule has 3 aromatic carbocycles. The zero-order chi connectivity index (χ0) is 23.1. The molecule has 0 aliphatic carbocycles. The van der Waals surface area contributed by atoms with Crippen molar-refractivity contribution >= 4 is 39.1 Å². The topological polar surface area (TPSA) is 68.3 Å². The summed E-state index contributed by atoms with van der Waals surface area (Å²) in [5, 5.41) is 1.66. The molecule has 2 aliphatic heterocycles. The molecule has 2 heterocycles. The summed E-state index contributed by atoms with van der Waals surface area (Å²) in [6.07, 6.45) is -0.921. The van der Waals surface area contributed by atoms with E-state index in [-0.39, 0.29) is 11.8 Å². The van der Waals surface area contributed by atoms with Gasteiger partial charge in [0.25, 0.3) is 5.91 Å². The third-order valence-electron chi connectivity index (χ3n) is 5.98. The summed E-state index contributed by atoms with van der Waals surface area (Å²) in [6, 6.07) is 21.4. The van der Waals surface area contributed by atoms with Crippen LogP contribution in [0.3, 0.4) is 0 Å². The zero-order valence-corrected chi connectivity index (χ0v) is 19.6. The lowest BCUT2D eigenvalue weighted by molar-refractivity contribution is -0.126. The molecule has 3 atom stereocenters. The first-order chi connectivity index (χ1) is 16.0. The number of carbonyl (C=O) groups excluding carboxylic acids is 2. The van der Waals surface area contributed by atoms with E-state index in [1.165, 1.54) is 4.90 Å². The van der Waals surface area contributed by atoms with Gasteiger partial charge in [0.2, 0.25) is 5.91 Å². The number of anilines is 2. The number of imide groups is 1. The molecule has 7 nitrogen and oxygen atoms in total. The fourth-order valence-corrected chi connectivity index (χ4v) is 4.62. The van der Waals surface area contributed by atoms with E-state index in [0.717, 1.165) is 15.7 Å². The first-order valence-corrected chi connectivity index (χ1v) is 11.2. The van der Waals surface area contributed by atoms with Crippen molar-refractivity contribution in [2.75, 3.05) is 24.2 Å². The van der Waals surface area contributed by atoms with Crippen molar-refractivity contribution in [3.05, 3.63) is 82.8 Å². The second kappa shape index (κ2) is 8.53. The summed E-state index contributed by atoms with van der Waals surface area (Å²) in [4.78, 5) is 34.3. The molecule has 2 saturated heterocycles. The van der Waals surface area contributed by atoms with Gasteiger partial charge in [0, 0.05) is 4.47 Å². The van der Waals surface area contributed by atoms with E-state index in [0.29, 0.717) is 17.2 Å². The molecule has 2 aliphatic rings. The zero-order valence-electron chi connectivity index (χ0n) is 18.0. The molecule has 0 bridgehead atoms. The SMILES string of the molecule is COc1ccc([C@@H]2[C@H]3C(=O)N(c4ccc(Br)cc4)C(=O)[C@H]3ON2c2ccc(OC)cc2)cc1. The van der Waals surface area contributed by atoms with Crippen LogP contribution >= 0.6 is 15.9 Å². The number of amides is 2. The number of carbonyl (C=O) groups is 2. The molecule has 0 aromatic heterocycles. The summed E-state index contributed by atoms with van der Waals surface area (Å²) in [5.41, 5.74) is 2.09. The van der Waals surface area contributed by atoms with E-state index in [9.17, 15) is 9.59 Å². The quantitative estimate of drug-likeness (QED) is 0.472. The number of methoxy groups -OCH3 is 2. The van der Waals surface area contributed by atoms with Crippen molar-refractivity contribution < 1.29 is 23.9 Å². The van der Waals surface area contributed by atoms with Crippen molar-refractivity contribution in [2.45, 2.75) is 12.1 Å². The van der Waals surface area contributed by atoms with E-state index in [4.69, 9.17) is 14.3 Å². The lowest BCUT2D eigenvalue weighted by Gasteiger charge is -2.29. The van der Waals surface area contributed by atoms with Crippen LogP contribution in [0.25, 0.3) is 0 Å². The Morgan fingerprint density at radius 2 is 1.30 bits per heavy atom. The Bertz CT molecular complexity index is 1180. The van der Waals surface area contributed by atoms with Crippen LogP contribution in [-0.4, -0.2) is 32.1 Å². The number of hydroxylamine groups is 1. The number of fused-ring (bicyclic) bond motifs is 1. The van der Waals surface area contributed by atoms with Crippen LogP contribution in [0.2, 0.25) is 0 Å². The summed E-state index contributed by atoms with van der Waals surface area (Å²) < 4.78 is 11.4. The van der Waals surface area contributed by atoms with Crippen molar-refractivity contribution in [1.29, 1.82) is 0 Å². The standard InChI is InChI=1S/C25H21BrN2O5/c1-31-19-11-3-15(4-12-19)22-21-23(33-28(22)18-9-13-20(32-2)14-10-18)25(30)27(24(21)29)17-7-5-16(26)6-8-17/h3-14,21-23H,1-2H3/t21-,22-,23+/m1/s1. The van der Waals surface area contributed by atoms with E-state index < -0.39 is 18.1 Å². The van der Waals surface area contributed by atoms with Crippen LogP contribution in [0.15, 0.2) is 77.3 Å². The van der Waals surface area contributed by atoms with Crippen LogP contribution in [0.1, 0.15) is 11.6 Å². The highest BCUT2D eigenvalue weighted by atomic mass is 79.9. The van der Waals surface area contributed by atoms with Crippen LogP contribution < -0.4 is 19.4 Å². The molecule has 2 fully saturated rings. The Kier molecular flexibility index (Phi) is 5.55. The number of benzene rings is 3. The van der Waals surface area contributed by atoms with Gasteiger partial charge in [-0.1, -0.05) is 28.1 Å². The molecule has 0 spiro atoms. The minimum Gasteiger partial charge on any atom is -0.497 e. The maximum atomic E-state index is 13.6. The Morgan fingerprint density at radius 1 is 0.758 bits per heavy atom. The smallest absolute Gasteiger partial charge is 0.266 e. The third kappa shape index (κ3) is 3.65. The monoisotopic (exact) mass is 508 g/mol. The van der Waals surface area contributed by atoms with E-state index in [1.54, 1.807) is 43.5 Å². The number of rotatable bonds is 5. The lowest BCUT2D eigenvalue weighted by atomic mass is 9.90. The molecule has 8 heteroatoms. The predicted octanol–water partition coefficient (Wildman–Crippen LogP) is 4.52. The van der Waals surface area contributed by atoms with E-state index in [2.05, 4.69) is 15.9 Å². The van der Waals surface area contributed by atoms with Gasteiger partial charge in [-0.2, -0.15) is 0 Å². The van der Waals surface area contributed by atoms with Gasteiger partial charge in [-0.25, -0.2) is 9.96 Å². The molecule has 0 unspecified atom stereocenters. The minimum atomic E-state index is -0.921. The van der Waals surface area contributed by atoms with Gasteiger partial charge in [-0.3, -0.25) is 14.4 Å². The molecular weight excluding hydrogens is 488 g/mol. The maximum absolute atomic E-state index is 13.6. The molecule has 168 valence electrons. The summed E-state index contributed by atoms with van der Waals surface area (Å²) in [7, 11) is 3.20. The maximum Gasteiger partial charge on any atom is 0.266 e. The van der Waals surface area contributed by atoms with Crippen molar-refractivity contribution in [2.24, 2.45) is 5.92 Å². The van der Waals surface area contributed by atoms with E-state index in [1.807, 2.05) is 48.5 Å². The molecule has 33 heavy (non-hydrogen) atoms. The van der Waals surface area contributed by atoms with Crippen LogP contribution in [0, 0.1) is 5.92 Å². The first kappa shape index (κ1) is 21.5. The number of nitrogens with zero attached hydrogens (tertiary/aromatic N) is 2. The molecule has 0 saturated carbocycles. The third-order valence-corrected chi connectivity index (χ3v) is 6.51. The summed E-state index contributed by atoms with van der Waals surface area (Å²) in [6.45, 7) is 0. The van der Waals surface area contributed by atoms with Gasteiger partial charge in [-0.05, 0) is 66.2 Å². The molecule has 5 rings (SSSR count). The van der Waals surface area contributed by atoms with Crippen molar-refractivity contribution in [3.63, 3.8) is 0 Å². The molecule has 3 aromatic rings. The predicted molar refractivity (Wildman–Crippen MR) is 126 cm³/mol. The molecular formula is C25H21BrN2O5. The minimum absolute atomic E-state index is 0.288. The first-order valence-electron chi connectivity index (χ1n) is 10.4. The second-order valence-corrected chi connectivity index (χ2v) is 8.70. The molecule has 2 amide bonds. The normalized spacial score (nSPS) is 22.0. The second-order valence-electron chi connectivity index (χ2n) is 7.78. The van der Waals surface area contributed by atoms with Crippen LogP contribution in [0.5, 0.6) is 11.5 Å². The molecule has 0 radical (unpaired) electrons. The van der Waals surface area contributed by atoms with Gasteiger partial charge in [0.05, 0.1) is 31.6 Å². The van der Waals surface area contributed by atoms with Gasteiger partial charge in [-0.15, -0.1) is 0 Å². The summed E-state index contributed by atoms with van der Waals surface area (Å²) >= 11 is 3.39. The Hall–Kier alpha value is -3.36. The van der Waals surface area contributed by atoms with Gasteiger partial charge < -0.3 is 9.47 Å². The van der Waals surface area contributed by atoms with Crippen molar-refractivity contribution in [3.8, 4) is 11.5 Å². The number of ether oxygens (including phenoxy) is 2. The highest BCUT2D eigenvalue weighted by Gasteiger charge is 2.60. The Labute approximate surface area is 199 Å². The van der Waals surface area contributed by atoms with Crippen molar-refractivity contribution in [1.82, 2.24) is 0 Å². The highest BCUT2D eigenvalue weighted by molar-refractivity contribution is 9.10. The summed E-state index contributed by atoms with van der Waals surface area (Å²) in [5.74, 6) is 0.0471. The fourth-order valence-electron chi connectivity index (χ4n) is 4.35. The fraction of sp³-hybridized carbons (Fsp3) is 0.200. The highest BCUT2D eigenvalue weighted by Crippen LogP contribution is 2.48. The number of hydrogen-bond donors (Lipinski definition) is 0. The average Bonchev–Trinajstić information content (AvgIpc) is 3.36. The largest absolute Gasteiger partial charge is 0.497 e. The van der Waals surface area contributed by atoms with Gasteiger partial charge in [0.1, 0.15) is 17.4 Å².